The molecule has 1 aliphatic rings. The Morgan fingerprint density at radius 2 is 2.05 bits per heavy atom. The lowest BCUT2D eigenvalue weighted by molar-refractivity contribution is 0.291. The van der Waals surface area contributed by atoms with E-state index in [2.05, 4.69) is 10.1 Å². The van der Waals surface area contributed by atoms with Crippen molar-refractivity contribution in [3.63, 3.8) is 0 Å². The summed E-state index contributed by atoms with van der Waals surface area (Å²) in [6.07, 6.45) is 2.68. The van der Waals surface area contributed by atoms with Crippen molar-refractivity contribution in [3.8, 4) is 17.1 Å². The Morgan fingerprint density at radius 3 is 2.68 bits per heavy atom. The van der Waals surface area contributed by atoms with Crippen LogP contribution in [0.3, 0.4) is 0 Å². The maximum atomic E-state index is 11.8. The molecule has 22 heavy (non-hydrogen) atoms. The fourth-order valence-corrected chi connectivity index (χ4v) is 3.73. The molecule has 0 bridgehead atoms. The molecule has 0 aliphatic carbocycles. The van der Waals surface area contributed by atoms with Gasteiger partial charge < -0.3 is 9.26 Å². The van der Waals surface area contributed by atoms with Crippen LogP contribution in [0.15, 0.2) is 28.8 Å². The number of hydrogen-bond donors (Lipinski definition) is 0. The number of ether oxygens (including phenoxy) is 1. The van der Waals surface area contributed by atoms with Gasteiger partial charge in [-0.15, -0.1) is 0 Å². The summed E-state index contributed by atoms with van der Waals surface area (Å²) in [4.78, 5) is 4.36. The molecule has 1 aromatic carbocycles. The number of benzene rings is 1. The molecule has 1 aliphatic heterocycles. The van der Waals surface area contributed by atoms with Crippen molar-refractivity contribution in [2.75, 3.05) is 19.9 Å². The summed E-state index contributed by atoms with van der Waals surface area (Å²) >= 11 is 0. The highest BCUT2D eigenvalue weighted by atomic mass is 32.2. The van der Waals surface area contributed by atoms with Gasteiger partial charge in [-0.25, -0.2) is 8.42 Å². The summed E-state index contributed by atoms with van der Waals surface area (Å²) < 4.78 is 35.4. The zero-order chi connectivity index (χ0) is 15.7. The number of rotatable bonds is 4. The lowest BCUT2D eigenvalue weighted by Crippen LogP contribution is -2.29. The van der Waals surface area contributed by atoms with Gasteiger partial charge in [-0.2, -0.15) is 9.29 Å². The summed E-state index contributed by atoms with van der Waals surface area (Å²) in [6, 6.07) is 6.91. The third kappa shape index (κ3) is 2.84. The minimum absolute atomic E-state index is 0.341. The number of hydrogen-bond acceptors (Lipinski definition) is 6. The second-order valence-electron chi connectivity index (χ2n) is 5.22. The Morgan fingerprint density at radius 1 is 1.32 bits per heavy atom. The average molecular weight is 323 g/mol. The normalized spacial score (nSPS) is 19.5. The summed E-state index contributed by atoms with van der Waals surface area (Å²) in [5, 5.41) is 3.95. The molecule has 0 radical (unpaired) electrons. The molecule has 0 spiro atoms. The molecule has 1 aromatic heterocycles. The molecule has 0 saturated carbocycles. The maximum Gasteiger partial charge on any atom is 0.245 e. The van der Waals surface area contributed by atoms with Crippen molar-refractivity contribution in [3.05, 3.63) is 30.2 Å². The summed E-state index contributed by atoms with van der Waals surface area (Å²) in [6.45, 7) is 0.490. The van der Waals surface area contributed by atoms with Crippen LogP contribution in [-0.4, -0.2) is 42.8 Å². The van der Waals surface area contributed by atoms with E-state index in [4.69, 9.17) is 9.26 Å². The number of methoxy groups -OCH3 is 1. The van der Waals surface area contributed by atoms with E-state index in [0.717, 1.165) is 17.7 Å². The van der Waals surface area contributed by atoms with E-state index in [1.807, 2.05) is 24.3 Å². The zero-order valence-corrected chi connectivity index (χ0v) is 13.2. The second-order valence-corrected chi connectivity index (χ2v) is 7.15. The Bertz CT molecular complexity index is 755. The van der Waals surface area contributed by atoms with Crippen LogP contribution in [0.25, 0.3) is 11.4 Å². The molecule has 118 valence electrons. The fraction of sp³-hybridized carbons (Fsp3) is 0.429. The van der Waals surface area contributed by atoms with Crippen LogP contribution in [-0.2, 0) is 10.0 Å². The molecule has 2 heterocycles. The van der Waals surface area contributed by atoms with Gasteiger partial charge >= 0.3 is 0 Å². The highest BCUT2D eigenvalue weighted by Crippen LogP contribution is 2.33. The molecule has 0 N–H and O–H groups in total. The molecular weight excluding hydrogens is 306 g/mol. The van der Waals surface area contributed by atoms with Crippen molar-refractivity contribution in [2.24, 2.45) is 0 Å². The number of aromatic nitrogens is 2. The largest absolute Gasteiger partial charge is 0.497 e. The van der Waals surface area contributed by atoms with E-state index in [1.165, 1.54) is 10.6 Å². The minimum atomic E-state index is -3.28. The van der Waals surface area contributed by atoms with E-state index in [1.54, 1.807) is 7.11 Å². The van der Waals surface area contributed by atoms with Crippen molar-refractivity contribution in [1.29, 1.82) is 0 Å². The third-order valence-corrected chi connectivity index (χ3v) is 4.99. The molecule has 1 unspecified atom stereocenters. The summed E-state index contributed by atoms with van der Waals surface area (Å²) in [5.41, 5.74) is 0.791. The maximum absolute atomic E-state index is 11.8. The van der Waals surface area contributed by atoms with Crippen molar-refractivity contribution in [2.45, 2.75) is 18.9 Å². The summed E-state index contributed by atoms with van der Waals surface area (Å²) in [5.74, 6) is 1.53. The SMILES string of the molecule is COc1ccc(-c2noc(C3CCCN3S(C)(=O)=O)n2)cc1. The van der Waals surface area contributed by atoms with E-state index in [0.29, 0.717) is 24.7 Å². The first-order valence-corrected chi connectivity index (χ1v) is 8.79. The van der Waals surface area contributed by atoms with Crippen LogP contribution in [0.5, 0.6) is 5.75 Å². The van der Waals surface area contributed by atoms with Gasteiger partial charge in [-0.3, -0.25) is 0 Å². The lowest BCUT2D eigenvalue weighted by atomic mass is 10.2. The first-order chi connectivity index (χ1) is 10.5. The molecule has 3 rings (SSSR count). The first kappa shape index (κ1) is 15.0. The van der Waals surface area contributed by atoms with Crippen molar-refractivity contribution >= 4 is 10.0 Å². The van der Waals surface area contributed by atoms with Gasteiger partial charge in [-0.1, -0.05) is 5.16 Å². The molecule has 0 amide bonds. The van der Waals surface area contributed by atoms with E-state index in [-0.39, 0.29) is 6.04 Å². The van der Waals surface area contributed by atoms with Crippen molar-refractivity contribution in [1.82, 2.24) is 14.4 Å². The van der Waals surface area contributed by atoms with Gasteiger partial charge in [0.2, 0.25) is 21.7 Å². The smallest absolute Gasteiger partial charge is 0.245 e. The molecule has 7 nitrogen and oxygen atoms in total. The first-order valence-electron chi connectivity index (χ1n) is 6.94. The van der Waals surface area contributed by atoms with Crippen LogP contribution in [0.1, 0.15) is 24.8 Å². The predicted octanol–water partition coefficient (Wildman–Crippen LogP) is 1.84. The van der Waals surface area contributed by atoms with Gasteiger partial charge in [-0.05, 0) is 37.1 Å². The standard InChI is InChI=1S/C14H17N3O4S/c1-20-11-7-5-10(6-8-11)13-15-14(21-16-13)12-4-3-9-17(12)22(2,18)19/h5-8,12H,3-4,9H2,1-2H3. The molecule has 8 heteroatoms. The van der Waals surface area contributed by atoms with Gasteiger partial charge in [0.25, 0.3) is 0 Å². The van der Waals surface area contributed by atoms with Gasteiger partial charge in [0, 0.05) is 12.1 Å². The Balaban J connectivity index is 1.87. The molecule has 2 aromatic rings. The minimum Gasteiger partial charge on any atom is -0.497 e. The molecular formula is C14H17N3O4S. The highest BCUT2D eigenvalue weighted by Gasteiger charge is 2.36. The van der Waals surface area contributed by atoms with Gasteiger partial charge in [0.15, 0.2) is 0 Å². The zero-order valence-electron chi connectivity index (χ0n) is 12.4. The van der Waals surface area contributed by atoms with E-state index in [9.17, 15) is 8.42 Å². The Kier molecular flexibility index (Phi) is 3.88. The highest BCUT2D eigenvalue weighted by molar-refractivity contribution is 7.88. The lowest BCUT2D eigenvalue weighted by Gasteiger charge is -2.18. The molecule has 1 atom stereocenters. The number of nitrogens with zero attached hydrogens (tertiary/aromatic N) is 3. The Labute approximate surface area is 128 Å². The molecule has 1 fully saturated rings. The van der Waals surface area contributed by atoms with Crippen LogP contribution in [0, 0.1) is 0 Å². The van der Waals surface area contributed by atoms with Crippen LogP contribution in [0.4, 0.5) is 0 Å². The predicted molar refractivity (Wildman–Crippen MR) is 79.8 cm³/mol. The van der Waals surface area contributed by atoms with Crippen LogP contribution < -0.4 is 4.74 Å². The summed E-state index contributed by atoms with van der Waals surface area (Å²) in [7, 11) is -1.68. The van der Waals surface area contributed by atoms with Crippen molar-refractivity contribution < 1.29 is 17.7 Å². The Hall–Kier alpha value is -1.93. The van der Waals surface area contributed by atoms with E-state index >= 15 is 0 Å². The third-order valence-electron chi connectivity index (χ3n) is 3.70. The van der Waals surface area contributed by atoms with Gasteiger partial charge in [0.1, 0.15) is 11.8 Å². The van der Waals surface area contributed by atoms with E-state index < -0.39 is 10.0 Å². The van der Waals surface area contributed by atoms with Crippen LogP contribution in [0.2, 0.25) is 0 Å². The quantitative estimate of drug-likeness (QED) is 0.853. The second kappa shape index (κ2) is 5.69. The number of sulfonamides is 1. The monoisotopic (exact) mass is 323 g/mol. The van der Waals surface area contributed by atoms with Crippen LogP contribution >= 0.6 is 0 Å². The fourth-order valence-electron chi connectivity index (χ4n) is 2.61. The average Bonchev–Trinajstić information content (AvgIpc) is 3.15. The topological polar surface area (TPSA) is 85.5 Å². The van der Waals surface area contributed by atoms with Gasteiger partial charge in [0.05, 0.1) is 13.4 Å². The molecule has 1 saturated heterocycles.